The summed E-state index contributed by atoms with van der Waals surface area (Å²) in [5.41, 5.74) is 0. The predicted molar refractivity (Wildman–Crippen MR) is 57.9 cm³/mol. The molecule has 72 valence electrons. The fraction of sp³-hybridized carbons (Fsp3) is 1.00. The minimum Gasteiger partial charge on any atom is -0.302 e. The van der Waals surface area contributed by atoms with E-state index in [0.29, 0.717) is 0 Å². The maximum Gasteiger partial charge on any atom is 0.0273 e. The highest BCUT2D eigenvalue weighted by atomic mass is 79.9. The Morgan fingerprint density at radius 2 is 2.25 bits per heavy atom. The first-order valence-electron chi connectivity index (χ1n) is 5.19. The van der Waals surface area contributed by atoms with E-state index < -0.39 is 0 Å². The van der Waals surface area contributed by atoms with Crippen LogP contribution in [0.5, 0.6) is 0 Å². The Balaban J connectivity index is 2.06. The van der Waals surface area contributed by atoms with Gasteiger partial charge in [0.25, 0.3) is 0 Å². The molecule has 1 fully saturated rings. The summed E-state index contributed by atoms with van der Waals surface area (Å²) in [6.45, 7) is 6.18. The first kappa shape index (κ1) is 10.5. The zero-order valence-corrected chi connectivity index (χ0v) is 9.65. The van der Waals surface area contributed by atoms with E-state index in [1.54, 1.807) is 0 Å². The standard InChI is InChI=1S/C10H20BrN/c1-2-3-4-7-12-8-5-6-10(11)9-12/h10H,2-9H2,1H3. The van der Waals surface area contributed by atoms with Crippen molar-refractivity contribution >= 4 is 15.9 Å². The highest BCUT2D eigenvalue weighted by Crippen LogP contribution is 2.16. The number of piperidine rings is 1. The molecule has 2 heteroatoms. The van der Waals surface area contributed by atoms with Crippen molar-refractivity contribution in [2.75, 3.05) is 19.6 Å². The van der Waals surface area contributed by atoms with Crippen molar-refractivity contribution in [3.05, 3.63) is 0 Å². The summed E-state index contributed by atoms with van der Waals surface area (Å²) in [5.74, 6) is 0. The molecule has 1 unspecified atom stereocenters. The van der Waals surface area contributed by atoms with Crippen molar-refractivity contribution < 1.29 is 0 Å². The number of alkyl halides is 1. The molecule has 1 saturated heterocycles. The minimum atomic E-state index is 0.757. The molecule has 0 spiro atoms. The molecule has 0 amide bonds. The van der Waals surface area contributed by atoms with Gasteiger partial charge in [-0.3, -0.25) is 0 Å². The number of likely N-dealkylation sites (tertiary alicyclic amines) is 1. The lowest BCUT2D eigenvalue weighted by Gasteiger charge is -2.29. The van der Waals surface area contributed by atoms with E-state index in [2.05, 4.69) is 27.8 Å². The van der Waals surface area contributed by atoms with E-state index in [9.17, 15) is 0 Å². The normalized spacial score (nSPS) is 26.0. The maximum atomic E-state index is 3.70. The molecule has 1 aliphatic rings. The number of hydrogen-bond donors (Lipinski definition) is 0. The van der Waals surface area contributed by atoms with E-state index in [1.165, 1.54) is 51.7 Å². The Morgan fingerprint density at radius 3 is 2.92 bits per heavy atom. The lowest BCUT2D eigenvalue weighted by molar-refractivity contribution is 0.231. The molecule has 1 nitrogen and oxygen atoms in total. The van der Waals surface area contributed by atoms with E-state index in [1.807, 2.05) is 0 Å². The van der Waals surface area contributed by atoms with Gasteiger partial charge in [-0.05, 0) is 32.4 Å². The highest BCUT2D eigenvalue weighted by Gasteiger charge is 2.16. The molecule has 0 bridgehead atoms. The predicted octanol–water partition coefficient (Wildman–Crippen LogP) is 3.04. The smallest absolute Gasteiger partial charge is 0.0273 e. The maximum absolute atomic E-state index is 3.70. The monoisotopic (exact) mass is 233 g/mol. The summed E-state index contributed by atoms with van der Waals surface area (Å²) < 4.78 is 0. The van der Waals surface area contributed by atoms with E-state index in [4.69, 9.17) is 0 Å². The topological polar surface area (TPSA) is 3.24 Å². The number of nitrogens with zero attached hydrogens (tertiary/aromatic N) is 1. The van der Waals surface area contributed by atoms with Crippen molar-refractivity contribution in [3.8, 4) is 0 Å². The summed E-state index contributed by atoms with van der Waals surface area (Å²) in [6.07, 6.45) is 6.86. The zero-order chi connectivity index (χ0) is 8.81. The molecule has 1 atom stereocenters. The third kappa shape index (κ3) is 3.90. The third-order valence-electron chi connectivity index (χ3n) is 2.53. The van der Waals surface area contributed by atoms with Crippen LogP contribution in [0.25, 0.3) is 0 Å². The lowest BCUT2D eigenvalue weighted by Crippen LogP contribution is -2.36. The second-order valence-electron chi connectivity index (χ2n) is 3.75. The molecular weight excluding hydrogens is 214 g/mol. The highest BCUT2D eigenvalue weighted by molar-refractivity contribution is 9.09. The average Bonchev–Trinajstić information content (AvgIpc) is 2.05. The summed E-state index contributed by atoms with van der Waals surface area (Å²) in [7, 11) is 0. The summed E-state index contributed by atoms with van der Waals surface area (Å²) in [4.78, 5) is 3.35. The van der Waals surface area contributed by atoms with Gasteiger partial charge in [0.1, 0.15) is 0 Å². The van der Waals surface area contributed by atoms with Crippen LogP contribution in [-0.4, -0.2) is 29.4 Å². The molecule has 1 aliphatic heterocycles. The van der Waals surface area contributed by atoms with Crippen LogP contribution in [0.2, 0.25) is 0 Å². The van der Waals surface area contributed by atoms with Gasteiger partial charge in [-0.25, -0.2) is 0 Å². The van der Waals surface area contributed by atoms with Gasteiger partial charge >= 0.3 is 0 Å². The van der Waals surface area contributed by atoms with Crippen LogP contribution in [0.1, 0.15) is 39.0 Å². The number of halogens is 1. The molecule has 0 aliphatic carbocycles. The van der Waals surface area contributed by atoms with Gasteiger partial charge in [0, 0.05) is 11.4 Å². The van der Waals surface area contributed by atoms with Gasteiger partial charge in [-0.15, -0.1) is 0 Å². The number of unbranched alkanes of at least 4 members (excludes halogenated alkanes) is 2. The Kier molecular flexibility index (Phi) is 5.24. The molecule has 1 heterocycles. The second kappa shape index (κ2) is 5.98. The molecule has 0 N–H and O–H groups in total. The first-order chi connectivity index (χ1) is 5.83. The largest absolute Gasteiger partial charge is 0.302 e. The molecule has 0 aromatic heterocycles. The van der Waals surface area contributed by atoms with Crippen molar-refractivity contribution in [1.82, 2.24) is 4.90 Å². The van der Waals surface area contributed by atoms with E-state index in [-0.39, 0.29) is 0 Å². The van der Waals surface area contributed by atoms with E-state index in [0.717, 1.165) is 4.83 Å². The molecule has 0 saturated carbocycles. The van der Waals surface area contributed by atoms with E-state index >= 15 is 0 Å². The van der Waals surface area contributed by atoms with Crippen molar-refractivity contribution in [2.45, 2.75) is 43.9 Å². The average molecular weight is 234 g/mol. The van der Waals surface area contributed by atoms with Crippen LogP contribution < -0.4 is 0 Å². The van der Waals surface area contributed by atoms with Gasteiger partial charge in [-0.1, -0.05) is 35.7 Å². The summed E-state index contributed by atoms with van der Waals surface area (Å²) in [5, 5.41) is 0. The summed E-state index contributed by atoms with van der Waals surface area (Å²) in [6, 6.07) is 0. The van der Waals surface area contributed by atoms with Crippen LogP contribution in [0.3, 0.4) is 0 Å². The zero-order valence-electron chi connectivity index (χ0n) is 8.06. The van der Waals surface area contributed by atoms with Crippen LogP contribution >= 0.6 is 15.9 Å². The Labute approximate surface area is 84.6 Å². The van der Waals surface area contributed by atoms with Crippen molar-refractivity contribution in [2.24, 2.45) is 0 Å². The molecule has 0 radical (unpaired) electrons. The quantitative estimate of drug-likeness (QED) is 0.533. The van der Waals surface area contributed by atoms with Crippen LogP contribution in [0.4, 0.5) is 0 Å². The molecule has 1 rings (SSSR count). The van der Waals surface area contributed by atoms with Gasteiger partial charge in [0.2, 0.25) is 0 Å². The fourth-order valence-corrected chi connectivity index (χ4v) is 2.52. The summed E-state index contributed by atoms with van der Waals surface area (Å²) >= 11 is 3.70. The van der Waals surface area contributed by atoms with Crippen LogP contribution in [0, 0.1) is 0 Å². The van der Waals surface area contributed by atoms with Crippen LogP contribution in [0.15, 0.2) is 0 Å². The molecule has 12 heavy (non-hydrogen) atoms. The Bertz CT molecular complexity index is 116. The third-order valence-corrected chi connectivity index (χ3v) is 3.27. The number of rotatable bonds is 4. The van der Waals surface area contributed by atoms with Gasteiger partial charge < -0.3 is 4.90 Å². The minimum absolute atomic E-state index is 0.757. The van der Waals surface area contributed by atoms with Crippen molar-refractivity contribution in [1.29, 1.82) is 0 Å². The van der Waals surface area contributed by atoms with Crippen molar-refractivity contribution in [3.63, 3.8) is 0 Å². The number of hydrogen-bond acceptors (Lipinski definition) is 1. The van der Waals surface area contributed by atoms with Crippen LogP contribution in [-0.2, 0) is 0 Å². The Hall–Kier alpha value is 0.440. The Morgan fingerprint density at radius 1 is 1.42 bits per heavy atom. The molecular formula is C10H20BrN. The van der Waals surface area contributed by atoms with Gasteiger partial charge in [0.15, 0.2) is 0 Å². The second-order valence-corrected chi connectivity index (χ2v) is 5.04. The first-order valence-corrected chi connectivity index (χ1v) is 6.11. The fourth-order valence-electron chi connectivity index (χ4n) is 1.79. The lowest BCUT2D eigenvalue weighted by atomic mass is 10.1. The van der Waals surface area contributed by atoms with Gasteiger partial charge in [0.05, 0.1) is 0 Å². The molecule has 0 aromatic rings. The van der Waals surface area contributed by atoms with Gasteiger partial charge in [-0.2, -0.15) is 0 Å². The molecule has 0 aromatic carbocycles. The SMILES string of the molecule is CCCCCN1CCCC(Br)C1.